The summed E-state index contributed by atoms with van der Waals surface area (Å²) >= 11 is 0. The predicted molar refractivity (Wildman–Crippen MR) is 144 cm³/mol. The van der Waals surface area contributed by atoms with Crippen molar-refractivity contribution in [2.45, 2.75) is 37.6 Å². The van der Waals surface area contributed by atoms with Gasteiger partial charge in [-0.1, -0.05) is 55.8 Å². The zero-order chi connectivity index (χ0) is 27.8. The third-order valence-corrected chi connectivity index (χ3v) is 7.89. The van der Waals surface area contributed by atoms with Gasteiger partial charge in [0.05, 0.1) is 30.8 Å². The van der Waals surface area contributed by atoms with E-state index in [1.54, 1.807) is 54.6 Å². The SMILES string of the molecule is CCCC(NC(=O)C(CS(=O)(=O)Cc1ccccc1)NC(=O)N1CCOCC1)C(=O)c1nc2ccccc2o1. The van der Waals surface area contributed by atoms with Crippen LogP contribution in [0, 0.1) is 0 Å². The molecule has 1 aromatic heterocycles. The van der Waals surface area contributed by atoms with Crippen molar-refractivity contribution in [3.63, 3.8) is 0 Å². The van der Waals surface area contributed by atoms with Gasteiger partial charge >= 0.3 is 6.03 Å². The molecule has 2 aromatic carbocycles. The van der Waals surface area contributed by atoms with Crippen LogP contribution in [0.25, 0.3) is 11.1 Å². The van der Waals surface area contributed by atoms with E-state index in [2.05, 4.69) is 15.6 Å². The van der Waals surface area contributed by atoms with Crippen molar-refractivity contribution < 1.29 is 32.0 Å². The molecule has 12 heteroatoms. The lowest BCUT2D eigenvalue weighted by atomic mass is 10.1. The second-order valence-corrected chi connectivity index (χ2v) is 11.5. The molecule has 1 aliphatic rings. The van der Waals surface area contributed by atoms with E-state index in [0.717, 1.165) is 0 Å². The van der Waals surface area contributed by atoms with Crippen molar-refractivity contribution in [1.82, 2.24) is 20.5 Å². The lowest BCUT2D eigenvalue weighted by molar-refractivity contribution is -0.123. The highest BCUT2D eigenvalue weighted by Gasteiger charge is 2.33. The minimum atomic E-state index is -3.83. The summed E-state index contributed by atoms with van der Waals surface area (Å²) in [6.45, 7) is 3.15. The maximum atomic E-state index is 13.4. The lowest BCUT2D eigenvalue weighted by Gasteiger charge is -2.29. The first-order valence-corrected chi connectivity index (χ1v) is 14.7. The summed E-state index contributed by atoms with van der Waals surface area (Å²) in [5.41, 5.74) is 1.50. The summed E-state index contributed by atoms with van der Waals surface area (Å²) < 4.78 is 37.0. The fourth-order valence-electron chi connectivity index (χ4n) is 4.29. The van der Waals surface area contributed by atoms with E-state index in [1.165, 1.54) is 4.90 Å². The van der Waals surface area contributed by atoms with Crippen LogP contribution >= 0.6 is 0 Å². The van der Waals surface area contributed by atoms with Gasteiger partial charge in [0.15, 0.2) is 15.4 Å². The molecule has 1 fully saturated rings. The number of Topliss-reactive ketones (excluding diaryl/α,β-unsaturated/α-hetero) is 1. The van der Waals surface area contributed by atoms with Crippen LogP contribution in [0.3, 0.4) is 0 Å². The normalized spacial score (nSPS) is 15.5. The van der Waals surface area contributed by atoms with Crippen LogP contribution in [0.15, 0.2) is 59.0 Å². The molecule has 0 radical (unpaired) electrons. The largest absolute Gasteiger partial charge is 0.434 e. The number of nitrogens with zero attached hydrogens (tertiary/aromatic N) is 2. The molecule has 3 amide bonds. The van der Waals surface area contributed by atoms with Crippen molar-refractivity contribution >= 4 is 38.7 Å². The second-order valence-electron chi connectivity index (χ2n) is 9.34. The number of para-hydroxylation sites is 2. The maximum absolute atomic E-state index is 13.4. The van der Waals surface area contributed by atoms with E-state index in [1.807, 2.05) is 6.92 Å². The third-order valence-electron chi connectivity index (χ3n) is 6.28. The number of oxazole rings is 1. The number of rotatable bonds is 11. The van der Waals surface area contributed by atoms with E-state index in [-0.39, 0.29) is 18.1 Å². The van der Waals surface area contributed by atoms with Gasteiger partial charge in [-0.3, -0.25) is 9.59 Å². The second kappa shape index (κ2) is 12.9. The molecule has 11 nitrogen and oxygen atoms in total. The van der Waals surface area contributed by atoms with Gasteiger partial charge in [0, 0.05) is 13.1 Å². The highest BCUT2D eigenvalue weighted by molar-refractivity contribution is 7.90. The summed E-state index contributed by atoms with van der Waals surface area (Å²) in [5, 5.41) is 5.21. The number of nitrogens with one attached hydrogen (secondary N) is 2. The molecule has 3 aromatic rings. The Kier molecular flexibility index (Phi) is 9.31. The smallest absolute Gasteiger partial charge is 0.318 e. The van der Waals surface area contributed by atoms with Crippen molar-refractivity contribution in [3.8, 4) is 0 Å². The molecule has 1 saturated heterocycles. The zero-order valence-electron chi connectivity index (χ0n) is 21.7. The van der Waals surface area contributed by atoms with Crippen LogP contribution in [-0.4, -0.2) is 80.2 Å². The van der Waals surface area contributed by atoms with Gasteiger partial charge in [-0.15, -0.1) is 0 Å². The first kappa shape index (κ1) is 28.2. The average molecular weight is 557 g/mol. The molecule has 2 heterocycles. The summed E-state index contributed by atoms with van der Waals surface area (Å²) in [7, 11) is -3.83. The number of fused-ring (bicyclic) bond motifs is 1. The maximum Gasteiger partial charge on any atom is 0.318 e. The third kappa shape index (κ3) is 7.64. The van der Waals surface area contributed by atoms with Crippen LogP contribution in [0.4, 0.5) is 4.79 Å². The molecule has 39 heavy (non-hydrogen) atoms. The Bertz CT molecular complexity index is 1370. The number of sulfone groups is 1. The van der Waals surface area contributed by atoms with E-state index in [4.69, 9.17) is 9.15 Å². The molecule has 1 aliphatic heterocycles. The van der Waals surface area contributed by atoms with E-state index >= 15 is 0 Å². The quantitative estimate of drug-likeness (QED) is 0.342. The highest BCUT2D eigenvalue weighted by atomic mass is 32.2. The molecule has 0 bridgehead atoms. The van der Waals surface area contributed by atoms with Crippen LogP contribution in [0.2, 0.25) is 0 Å². The average Bonchev–Trinajstić information content (AvgIpc) is 3.37. The number of carbonyl (C=O) groups is 3. The molecule has 2 unspecified atom stereocenters. The first-order chi connectivity index (χ1) is 18.8. The molecule has 208 valence electrons. The van der Waals surface area contributed by atoms with Gasteiger partial charge in [0.2, 0.25) is 11.7 Å². The number of benzene rings is 2. The molecule has 0 spiro atoms. The van der Waals surface area contributed by atoms with Crippen LogP contribution < -0.4 is 10.6 Å². The standard InChI is InChI=1S/C27H32N4O7S/c1-2-8-21(24(32)26-29-20-11-6-7-12-23(20)38-26)28-25(33)22(30-27(34)31-13-15-37-16-14-31)18-39(35,36)17-19-9-4-3-5-10-19/h3-7,9-12,21-22H,2,8,13-18H2,1H3,(H,28,33)(H,30,34). The molecule has 0 aliphatic carbocycles. The molecular formula is C27H32N4O7S. The van der Waals surface area contributed by atoms with Crippen molar-refractivity contribution in [1.29, 1.82) is 0 Å². The van der Waals surface area contributed by atoms with Gasteiger partial charge in [-0.2, -0.15) is 0 Å². The van der Waals surface area contributed by atoms with Crippen molar-refractivity contribution in [2.24, 2.45) is 0 Å². The molecule has 4 rings (SSSR count). The Hall–Kier alpha value is -3.77. The summed E-state index contributed by atoms with van der Waals surface area (Å²) in [6.07, 6.45) is 0.818. The van der Waals surface area contributed by atoms with Gasteiger partial charge in [-0.25, -0.2) is 18.2 Å². The number of carbonyl (C=O) groups excluding carboxylic acids is 3. The Morgan fingerprint density at radius 3 is 2.36 bits per heavy atom. The Morgan fingerprint density at radius 2 is 1.67 bits per heavy atom. The number of ketones is 1. The van der Waals surface area contributed by atoms with Crippen LogP contribution in [0.5, 0.6) is 0 Å². The van der Waals surface area contributed by atoms with Crippen LogP contribution in [0.1, 0.15) is 36.0 Å². The van der Waals surface area contributed by atoms with E-state index < -0.39 is 45.4 Å². The number of morpholine rings is 1. The Balaban J connectivity index is 1.53. The Morgan fingerprint density at radius 1 is 0.974 bits per heavy atom. The van der Waals surface area contributed by atoms with Crippen molar-refractivity contribution in [2.75, 3.05) is 32.1 Å². The topological polar surface area (TPSA) is 148 Å². The fourth-order valence-corrected chi connectivity index (χ4v) is 5.85. The minimum absolute atomic E-state index is 0.152. The monoisotopic (exact) mass is 556 g/mol. The molecule has 2 atom stereocenters. The van der Waals surface area contributed by atoms with Crippen molar-refractivity contribution in [3.05, 3.63) is 66.1 Å². The predicted octanol–water partition coefficient (Wildman–Crippen LogP) is 2.32. The van der Waals surface area contributed by atoms with E-state index in [0.29, 0.717) is 49.4 Å². The van der Waals surface area contributed by atoms with Gasteiger partial charge < -0.3 is 24.7 Å². The number of urea groups is 1. The number of ether oxygens (including phenoxy) is 1. The number of amides is 3. The van der Waals surface area contributed by atoms with Gasteiger partial charge in [-0.05, 0) is 24.1 Å². The number of aromatic nitrogens is 1. The molecule has 0 saturated carbocycles. The molecular weight excluding hydrogens is 524 g/mol. The molecule has 2 N–H and O–H groups in total. The summed E-state index contributed by atoms with van der Waals surface area (Å²) in [5.74, 6) is -2.41. The minimum Gasteiger partial charge on any atom is -0.434 e. The van der Waals surface area contributed by atoms with E-state index in [9.17, 15) is 22.8 Å². The lowest BCUT2D eigenvalue weighted by Crippen LogP contribution is -2.57. The summed E-state index contributed by atoms with van der Waals surface area (Å²) in [4.78, 5) is 45.3. The van der Waals surface area contributed by atoms with Crippen LogP contribution in [-0.2, 0) is 25.1 Å². The first-order valence-electron chi connectivity index (χ1n) is 12.8. The summed E-state index contributed by atoms with van der Waals surface area (Å²) in [6, 6.07) is 12.5. The van der Waals surface area contributed by atoms with Gasteiger partial charge in [0.25, 0.3) is 5.89 Å². The number of hydrogen-bond donors (Lipinski definition) is 2. The number of hydrogen-bond acceptors (Lipinski definition) is 8. The zero-order valence-corrected chi connectivity index (χ0v) is 22.5. The highest BCUT2D eigenvalue weighted by Crippen LogP contribution is 2.17. The Labute approximate surface area is 226 Å². The fraction of sp³-hybridized carbons (Fsp3) is 0.407. The van der Waals surface area contributed by atoms with Gasteiger partial charge in [0.1, 0.15) is 11.6 Å².